The maximum Gasteiger partial charge on any atom is 0.228 e. The fourth-order valence-electron chi connectivity index (χ4n) is 2.94. The largest absolute Gasteiger partial charge is 0.341 e. The number of likely N-dealkylation sites (tertiary alicyclic amines) is 1. The van der Waals surface area contributed by atoms with E-state index in [1.807, 2.05) is 23.1 Å². The van der Waals surface area contributed by atoms with Crippen LogP contribution in [0.4, 0.5) is 0 Å². The molecular weight excluding hydrogens is 226 g/mol. The number of hydrogen-bond acceptors (Lipinski definition) is 3. The lowest BCUT2D eigenvalue weighted by Crippen LogP contribution is -2.39. The Labute approximate surface area is 107 Å². The summed E-state index contributed by atoms with van der Waals surface area (Å²) in [6, 6.07) is 6.86. The summed E-state index contributed by atoms with van der Waals surface area (Å²) in [6.07, 6.45) is 5.74. The van der Waals surface area contributed by atoms with E-state index in [2.05, 4.69) is 10.3 Å². The van der Waals surface area contributed by atoms with E-state index in [4.69, 9.17) is 0 Å². The number of hydrogen-bond donors (Lipinski definition) is 1. The molecule has 2 bridgehead atoms. The molecule has 2 aliphatic rings. The van der Waals surface area contributed by atoms with Crippen LogP contribution in [0.2, 0.25) is 0 Å². The highest BCUT2D eigenvalue weighted by atomic mass is 16.2. The molecule has 2 fully saturated rings. The molecule has 0 aromatic carbocycles. The lowest BCUT2D eigenvalue weighted by Gasteiger charge is -2.24. The molecule has 3 rings (SSSR count). The summed E-state index contributed by atoms with van der Waals surface area (Å²) in [5.41, 5.74) is 0.866. The van der Waals surface area contributed by atoms with E-state index in [0.29, 0.717) is 18.5 Å². The van der Waals surface area contributed by atoms with Gasteiger partial charge >= 0.3 is 0 Å². The third kappa shape index (κ3) is 2.53. The number of fused-ring (bicyclic) bond motifs is 2. The summed E-state index contributed by atoms with van der Waals surface area (Å²) in [5.74, 6) is 0.211. The van der Waals surface area contributed by atoms with Gasteiger partial charge in [0.2, 0.25) is 5.91 Å². The van der Waals surface area contributed by atoms with Gasteiger partial charge in [0.25, 0.3) is 0 Å². The van der Waals surface area contributed by atoms with E-state index in [9.17, 15) is 4.79 Å². The van der Waals surface area contributed by atoms with E-state index in [0.717, 1.165) is 25.2 Å². The summed E-state index contributed by atoms with van der Waals surface area (Å²) in [7, 11) is 0. The number of aromatic nitrogens is 1. The average molecular weight is 245 g/mol. The Hall–Kier alpha value is -1.42. The van der Waals surface area contributed by atoms with Crippen LogP contribution in [0.3, 0.4) is 0 Å². The predicted molar refractivity (Wildman–Crippen MR) is 69.1 cm³/mol. The zero-order chi connectivity index (χ0) is 12.4. The predicted octanol–water partition coefficient (Wildman–Crippen LogP) is 0.977. The van der Waals surface area contributed by atoms with Gasteiger partial charge in [0.1, 0.15) is 0 Å². The first-order valence-electron chi connectivity index (χ1n) is 6.75. The van der Waals surface area contributed by atoms with Gasteiger partial charge in [-0.2, -0.15) is 0 Å². The zero-order valence-corrected chi connectivity index (χ0v) is 10.5. The Balaban J connectivity index is 1.62. The van der Waals surface area contributed by atoms with Crippen molar-refractivity contribution < 1.29 is 4.79 Å². The average Bonchev–Trinajstić information content (AvgIpc) is 2.70. The van der Waals surface area contributed by atoms with Gasteiger partial charge in [0, 0.05) is 37.1 Å². The molecular formula is C14H19N3O. The highest BCUT2D eigenvalue weighted by Gasteiger charge is 2.30. The van der Waals surface area contributed by atoms with E-state index >= 15 is 0 Å². The van der Waals surface area contributed by atoms with Gasteiger partial charge in [-0.3, -0.25) is 9.78 Å². The van der Waals surface area contributed by atoms with Gasteiger partial charge < -0.3 is 10.2 Å². The number of carbonyl (C=O) groups is 1. The van der Waals surface area contributed by atoms with Gasteiger partial charge in [0.05, 0.1) is 6.42 Å². The molecule has 96 valence electrons. The van der Waals surface area contributed by atoms with E-state index in [-0.39, 0.29) is 5.91 Å². The van der Waals surface area contributed by atoms with Gasteiger partial charge in [-0.25, -0.2) is 0 Å². The first-order chi connectivity index (χ1) is 8.81. The molecule has 3 heterocycles. The van der Waals surface area contributed by atoms with Gasteiger partial charge in [-0.05, 0) is 31.4 Å². The van der Waals surface area contributed by atoms with Crippen molar-refractivity contribution in [2.24, 2.45) is 0 Å². The normalized spacial score (nSPS) is 27.0. The third-order valence-corrected chi connectivity index (χ3v) is 3.93. The Kier molecular flexibility index (Phi) is 3.28. The van der Waals surface area contributed by atoms with Crippen LogP contribution in [-0.2, 0) is 11.2 Å². The summed E-state index contributed by atoms with van der Waals surface area (Å²) in [4.78, 5) is 18.5. The van der Waals surface area contributed by atoms with Crippen LogP contribution >= 0.6 is 0 Å². The number of rotatable bonds is 2. The first-order valence-corrected chi connectivity index (χ1v) is 6.75. The molecule has 1 aromatic rings. The summed E-state index contributed by atoms with van der Waals surface area (Å²) < 4.78 is 0. The number of carbonyl (C=O) groups excluding carboxylic acids is 1. The number of pyridine rings is 1. The van der Waals surface area contributed by atoms with Crippen LogP contribution in [0.1, 0.15) is 25.0 Å². The fourth-order valence-corrected chi connectivity index (χ4v) is 2.94. The number of amides is 1. The molecule has 0 saturated carbocycles. The van der Waals surface area contributed by atoms with Crippen molar-refractivity contribution >= 4 is 5.91 Å². The van der Waals surface area contributed by atoms with Crippen LogP contribution in [0.25, 0.3) is 0 Å². The summed E-state index contributed by atoms with van der Waals surface area (Å²) in [6.45, 7) is 1.75. The first kappa shape index (κ1) is 11.7. The lowest BCUT2D eigenvalue weighted by atomic mass is 10.1. The van der Waals surface area contributed by atoms with Crippen molar-refractivity contribution in [2.45, 2.75) is 37.8 Å². The topological polar surface area (TPSA) is 45.2 Å². The summed E-state index contributed by atoms with van der Waals surface area (Å²) in [5, 5.41) is 3.59. The Morgan fingerprint density at radius 2 is 2.22 bits per heavy atom. The minimum Gasteiger partial charge on any atom is -0.341 e. The minimum atomic E-state index is 0.211. The van der Waals surface area contributed by atoms with E-state index in [1.54, 1.807) is 6.20 Å². The van der Waals surface area contributed by atoms with Crippen molar-refractivity contribution in [2.75, 3.05) is 13.1 Å². The van der Waals surface area contributed by atoms with Gasteiger partial charge in [-0.1, -0.05) is 6.07 Å². The molecule has 1 amide bonds. The third-order valence-electron chi connectivity index (χ3n) is 3.93. The van der Waals surface area contributed by atoms with Crippen molar-refractivity contribution in [1.29, 1.82) is 0 Å². The van der Waals surface area contributed by atoms with Crippen molar-refractivity contribution in [3.63, 3.8) is 0 Å². The molecule has 2 saturated heterocycles. The highest BCUT2D eigenvalue weighted by Crippen LogP contribution is 2.20. The smallest absolute Gasteiger partial charge is 0.228 e. The van der Waals surface area contributed by atoms with Crippen LogP contribution in [0.15, 0.2) is 24.4 Å². The van der Waals surface area contributed by atoms with Crippen LogP contribution < -0.4 is 5.32 Å². The maximum absolute atomic E-state index is 12.3. The molecule has 2 unspecified atom stereocenters. The fraction of sp³-hybridized carbons (Fsp3) is 0.571. The second kappa shape index (κ2) is 5.06. The van der Waals surface area contributed by atoms with Crippen molar-refractivity contribution in [3.8, 4) is 0 Å². The number of nitrogens with one attached hydrogen (secondary N) is 1. The van der Waals surface area contributed by atoms with Crippen molar-refractivity contribution in [1.82, 2.24) is 15.2 Å². The second-order valence-electron chi connectivity index (χ2n) is 5.26. The summed E-state index contributed by atoms with van der Waals surface area (Å²) >= 11 is 0. The molecule has 0 spiro atoms. The van der Waals surface area contributed by atoms with Crippen LogP contribution in [-0.4, -0.2) is 41.0 Å². The quantitative estimate of drug-likeness (QED) is 0.844. The van der Waals surface area contributed by atoms with E-state index < -0.39 is 0 Å². The van der Waals surface area contributed by atoms with E-state index in [1.165, 1.54) is 12.8 Å². The van der Waals surface area contributed by atoms with Crippen LogP contribution in [0.5, 0.6) is 0 Å². The minimum absolute atomic E-state index is 0.211. The molecule has 1 N–H and O–H groups in total. The molecule has 2 atom stereocenters. The maximum atomic E-state index is 12.3. The zero-order valence-electron chi connectivity index (χ0n) is 10.5. The standard InChI is InChI=1S/C14H19N3O/c18-14(9-12-3-1-2-7-15-12)17-8-6-11-4-5-13(10-17)16-11/h1-3,7,11,13,16H,4-6,8-10H2. The molecule has 2 aliphatic heterocycles. The van der Waals surface area contributed by atoms with Crippen LogP contribution in [0, 0.1) is 0 Å². The number of nitrogens with zero attached hydrogens (tertiary/aromatic N) is 2. The Morgan fingerprint density at radius 1 is 1.33 bits per heavy atom. The lowest BCUT2D eigenvalue weighted by molar-refractivity contribution is -0.130. The molecule has 0 radical (unpaired) electrons. The SMILES string of the molecule is O=C(Cc1ccccn1)N1CCC2CCC(C1)N2. The Bertz CT molecular complexity index is 420. The molecule has 0 aliphatic carbocycles. The molecule has 4 heteroatoms. The van der Waals surface area contributed by atoms with Gasteiger partial charge in [0.15, 0.2) is 0 Å². The Morgan fingerprint density at radius 3 is 3.06 bits per heavy atom. The van der Waals surface area contributed by atoms with Crippen molar-refractivity contribution in [3.05, 3.63) is 30.1 Å². The molecule has 4 nitrogen and oxygen atoms in total. The molecule has 18 heavy (non-hydrogen) atoms. The second-order valence-corrected chi connectivity index (χ2v) is 5.26. The molecule has 1 aromatic heterocycles. The highest BCUT2D eigenvalue weighted by molar-refractivity contribution is 5.78. The monoisotopic (exact) mass is 245 g/mol. The van der Waals surface area contributed by atoms with Gasteiger partial charge in [-0.15, -0.1) is 0 Å².